The van der Waals surface area contributed by atoms with Gasteiger partial charge in [0.15, 0.2) is 11.6 Å². The van der Waals surface area contributed by atoms with Crippen molar-refractivity contribution >= 4 is 17.7 Å². The lowest BCUT2D eigenvalue weighted by Crippen LogP contribution is -2.33. The van der Waals surface area contributed by atoms with Gasteiger partial charge in [0.25, 0.3) is 5.95 Å². The van der Waals surface area contributed by atoms with E-state index in [0.29, 0.717) is 5.82 Å². The maximum Gasteiger partial charge on any atom is 0.341 e. The summed E-state index contributed by atoms with van der Waals surface area (Å²) in [7, 11) is 2.47. The average Bonchev–Trinajstić information content (AvgIpc) is 3.25. The highest BCUT2D eigenvalue weighted by molar-refractivity contribution is 5.96. The van der Waals surface area contributed by atoms with Crippen LogP contribution in [0.15, 0.2) is 36.9 Å². The van der Waals surface area contributed by atoms with Crippen molar-refractivity contribution in [2.24, 2.45) is 0 Å². The van der Waals surface area contributed by atoms with Crippen LogP contribution in [0, 0.1) is 5.82 Å². The van der Waals surface area contributed by atoms with Crippen LogP contribution in [0.3, 0.4) is 0 Å². The molecule has 2 heterocycles. The Kier molecular flexibility index (Phi) is 6.15. The molecular formula is C18H18FN7O4. The Labute approximate surface area is 170 Å². The average molecular weight is 415 g/mol. The van der Waals surface area contributed by atoms with Crippen LogP contribution < -0.4 is 15.4 Å². The van der Waals surface area contributed by atoms with Gasteiger partial charge in [0.05, 0.1) is 25.9 Å². The molecule has 3 rings (SSSR count). The zero-order valence-corrected chi connectivity index (χ0v) is 16.3. The number of halogens is 1. The molecule has 0 unspecified atom stereocenters. The number of hydrogen-bond acceptors (Lipinski definition) is 8. The second-order valence-corrected chi connectivity index (χ2v) is 5.92. The summed E-state index contributed by atoms with van der Waals surface area (Å²) in [4.78, 5) is 36.6. The van der Waals surface area contributed by atoms with Crippen LogP contribution in [0.5, 0.6) is 5.75 Å². The summed E-state index contributed by atoms with van der Waals surface area (Å²) in [6, 6.07) is 2.41. The minimum Gasteiger partial charge on any atom is -0.496 e. The zero-order chi connectivity index (χ0) is 21.7. The summed E-state index contributed by atoms with van der Waals surface area (Å²) in [6.07, 6.45) is 4.39. The van der Waals surface area contributed by atoms with E-state index < -0.39 is 23.9 Å². The number of rotatable bonds is 6. The van der Waals surface area contributed by atoms with Crippen molar-refractivity contribution in [1.29, 1.82) is 0 Å². The van der Waals surface area contributed by atoms with Crippen molar-refractivity contribution < 1.29 is 23.5 Å². The van der Waals surface area contributed by atoms with Gasteiger partial charge < -0.3 is 20.1 Å². The van der Waals surface area contributed by atoms with Gasteiger partial charge in [-0.3, -0.25) is 0 Å². The van der Waals surface area contributed by atoms with Crippen LogP contribution in [0.2, 0.25) is 0 Å². The molecule has 0 aliphatic carbocycles. The van der Waals surface area contributed by atoms with E-state index in [-0.39, 0.29) is 22.9 Å². The molecule has 2 aromatic heterocycles. The van der Waals surface area contributed by atoms with E-state index in [4.69, 9.17) is 4.74 Å². The van der Waals surface area contributed by atoms with Crippen LogP contribution in [-0.4, -0.2) is 51.0 Å². The summed E-state index contributed by atoms with van der Waals surface area (Å²) < 4.78 is 25.3. The molecule has 1 atom stereocenters. The predicted octanol–water partition coefficient (Wildman–Crippen LogP) is 1.87. The number of nitrogens with zero attached hydrogens (tertiary/aromatic N) is 5. The number of urea groups is 1. The molecule has 156 valence electrons. The van der Waals surface area contributed by atoms with Gasteiger partial charge in [0, 0.05) is 18.5 Å². The third kappa shape index (κ3) is 4.32. The minimum atomic E-state index is -0.789. The lowest BCUT2D eigenvalue weighted by Gasteiger charge is -2.16. The van der Waals surface area contributed by atoms with Gasteiger partial charge in [-0.25, -0.2) is 28.9 Å². The zero-order valence-electron chi connectivity index (χ0n) is 16.3. The highest BCUT2D eigenvalue weighted by Gasteiger charge is 2.21. The lowest BCUT2D eigenvalue weighted by molar-refractivity contribution is 0.0597. The van der Waals surface area contributed by atoms with Crippen LogP contribution in [0.1, 0.15) is 29.1 Å². The van der Waals surface area contributed by atoms with Crippen LogP contribution >= 0.6 is 0 Å². The molecule has 2 amide bonds. The van der Waals surface area contributed by atoms with Crippen LogP contribution in [0.25, 0.3) is 5.95 Å². The molecule has 3 aromatic rings. The molecule has 0 fully saturated rings. The van der Waals surface area contributed by atoms with Gasteiger partial charge >= 0.3 is 12.0 Å². The van der Waals surface area contributed by atoms with Crippen molar-refractivity contribution in [3.05, 3.63) is 54.1 Å². The first-order valence-corrected chi connectivity index (χ1v) is 8.65. The lowest BCUT2D eigenvalue weighted by atomic mass is 10.1. The summed E-state index contributed by atoms with van der Waals surface area (Å²) in [5.74, 6) is -0.901. The smallest absolute Gasteiger partial charge is 0.341 e. The Morgan fingerprint density at radius 3 is 2.57 bits per heavy atom. The number of benzene rings is 1. The molecule has 0 spiro atoms. The number of aromatic nitrogens is 5. The summed E-state index contributed by atoms with van der Waals surface area (Å²) in [6.45, 7) is 1.66. The molecule has 30 heavy (non-hydrogen) atoms. The monoisotopic (exact) mass is 415 g/mol. The summed E-state index contributed by atoms with van der Waals surface area (Å²) >= 11 is 0. The summed E-state index contributed by atoms with van der Waals surface area (Å²) in [5, 5.41) is 9.03. The number of carbonyl (C=O) groups excluding carboxylic acids is 2. The van der Waals surface area contributed by atoms with E-state index in [1.54, 1.807) is 25.4 Å². The third-order valence-corrected chi connectivity index (χ3v) is 3.99. The van der Waals surface area contributed by atoms with E-state index in [1.165, 1.54) is 25.2 Å². The Morgan fingerprint density at radius 1 is 1.17 bits per heavy atom. The van der Waals surface area contributed by atoms with Gasteiger partial charge in [0.2, 0.25) is 0 Å². The Balaban J connectivity index is 1.77. The number of amides is 2. The second-order valence-electron chi connectivity index (χ2n) is 5.92. The molecule has 0 bridgehead atoms. The van der Waals surface area contributed by atoms with E-state index in [9.17, 15) is 14.0 Å². The quantitative estimate of drug-likeness (QED) is 0.583. The number of anilines is 1. The molecule has 2 N–H and O–H groups in total. The number of nitrogens with one attached hydrogen (secondary N) is 2. The third-order valence-electron chi connectivity index (χ3n) is 3.99. The molecule has 0 saturated carbocycles. The number of carbonyl (C=O) groups is 2. The van der Waals surface area contributed by atoms with Crippen molar-refractivity contribution in [2.45, 2.75) is 13.0 Å². The van der Waals surface area contributed by atoms with Crippen molar-refractivity contribution in [1.82, 2.24) is 30.0 Å². The molecule has 0 saturated heterocycles. The maximum absolute atomic E-state index is 14.3. The number of hydrogen-bond donors (Lipinski definition) is 2. The first-order valence-electron chi connectivity index (χ1n) is 8.65. The number of ether oxygens (including phenoxy) is 2. The minimum absolute atomic E-state index is 0.0189. The van der Waals surface area contributed by atoms with Gasteiger partial charge in [-0.2, -0.15) is 9.78 Å². The number of methoxy groups -OCH3 is 2. The fourth-order valence-corrected chi connectivity index (χ4v) is 2.61. The van der Waals surface area contributed by atoms with Crippen molar-refractivity contribution in [3.63, 3.8) is 0 Å². The molecular weight excluding hydrogens is 397 g/mol. The van der Waals surface area contributed by atoms with Crippen molar-refractivity contribution in [3.8, 4) is 11.7 Å². The highest BCUT2D eigenvalue weighted by Crippen LogP contribution is 2.27. The topological polar surface area (TPSA) is 133 Å². The standard InChI is InChI=1S/C18H18FN7O4/c1-10(15-22-9-23-26(15)17-20-5-4-6-21-17)24-18(28)25-13-7-11(16(27)30-3)14(29-2)8-12(13)19/h4-10H,1-3H3,(H2,24,25,28)/t10-/m0/s1. The second kappa shape index (κ2) is 8.94. The molecule has 12 heteroatoms. The normalized spacial score (nSPS) is 11.5. The fourth-order valence-electron chi connectivity index (χ4n) is 2.61. The maximum atomic E-state index is 14.3. The van der Waals surface area contributed by atoms with Gasteiger partial charge in [-0.1, -0.05) is 0 Å². The van der Waals surface area contributed by atoms with E-state index >= 15 is 0 Å². The largest absolute Gasteiger partial charge is 0.496 e. The Bertz CT molecular complexity index is 1060. The molecule has 11 nitrogen and oxygen atoms in total. The fraction of sp³-hybridized carbons (Fsp3) is 0.222. The number of esters is 1. The Hall–Kier alpha value is -4.09. The van der Waals surface area contributed by atoms with E-state index in [0.717, 1.165) is 12.1 Å². The molecule has 0 aliphatic rings. The molecule has 0 aliphatic heterocycles. The van der Waals surface area contributed by atoms with Crippen LogP contribution in [-0.2, 0) is 4.74 Å². The van der Waals surface area contributed by atoms with E-state index in [2.05, 4.69) is 35.4 Å². The Morgan fingerprint density at radius 2 is 1.90 bits per heavy atom. The summed E-state index contributed by atoms with van der Waals surface area (Å²) in [5.41, 5.74) is -0.264. The SMILES string of the molecule is COC(=O)c1cc(NC(=O)N[C@@H](C)c2ncnn2-c2ncccn2)c(F)cc1OC. The highest BCUT2D eigenvalue weighted by atomic mass is 19.1. The molecule has 0 radical (unpaired) electrons. The van der Waals surface area contributed by atoms with Gasteiger partial charge in [-0.05, 0) is 19.1 Å². The predicted molar refractivity (Wildman–Crippen MR) is 102 cm³/mol. The first kappa shape index (κ1) is 20.6. The van der Waals surface area contributed by atoms with Crippen LogP contribution in [0.4, 0.5) is 14.9 Å². The first-order chi connectivity index (χ1) is 14.4. The van der Waals surface area contributed by atoms with Crippen molar-refractivity contribution in [2.75, 3.05) is 19.5 Å². The molecule has 1 aromatic carbocycles. The van der Waals surface area contributed by atoms with Gasteiger partial charge in [-0.15, -0.1) is 0 Å². The van der Waals surface area contributed by atoms with E-state index in [1.807, 2.05) is 0 Å². The van der Waals surface area contributed by atoms with Gasteiger partial charge in [0.1, 0.15) is 17.6 Å².